The molecule has 23 heavy (non-hydrogen) atoms. The maximum atomic E-state index is 12.3. The third-order valence-electron chi connectivity index (χ3n) is 3.91. The number of rotatable bonds is 4. The van der Waals surface area contributed by atoms with Crippen LogP contribution < -0.4 is 14.8 Å². The van der Waals surface area contributed by atoms with E-state index in [0.717, 1.165) is 11.3 Å². The van der Waals surface area contributed by atoms with Gasteiger partial charge in [-0.1, -0.05) is 0 Å². The lowest BCUT2D eigenvalue weighted by atomic mass is 9.94. The fourth-order valence-electron chi connectivity index (χ4n) is 2.50. The largest absolute Gasteiger partial charge is 0.497 e. The minimum absolute atomic E-state index is 0.410. The van der Waals surface area contributed by atoms with Gasteiger partial charge in [0.05, 0.1) is 32.9 Å². The quantitative estimate of drug-likeness (QED) is 0.667. The van der Waals surface area contributed by atoms with Crippen molar-refractivity contribution in [2.24, 2.45) is 0 Å². The third kappa shape index (κ3) is 3.10. The van der Waals surface area contributed by atoms with Crippen LogP contribution in [0.15, 0.2) is 29.5 Å². The Morgan fingerprint density at radius 1 is 1.26 bits per heavy atom. The van der Waals surface area contributed by atoms with Crippen molar-refractivity contribution in [1.82, 2.24) is 10.2 Å². The van der Waals surface area contributed by atoms with Gasteiger partial charge in [0.25, 0.3) is 0 Å². The number of carbonyl (C=O) groups excluding carboxylic acids is 1. The number of allylic oxidation sites excluding steroid dienone is 1. The molecule has 6 nitrogen and oxygen atoms in total. The van der Waals surface area contributed by atoms with E-state index < -0.39 is 12.0 Å². The van der Waals surface area contributed by atoms with E-state index in [4.69, 9.17) is 26.4 Å². The van der Waals surface area contributed by atoms with Crippen molar-refractivity contribution in [1.29, 1.82) is 0 Å². The summed E-state index contributed by atoms with van der Waals surface area (Å²) in [7, 11) is 6.31. The lowest BCUT2D eigenvalue weighted by molar-refractivity contribution is -0.136. The lowest BCUT2D eigenvalue weighted by Gasteiger charge is -2.35. The molecule has 0 bridgehead atoms. The number of esters is 1. The van der Waals surface area contributed by atoms with Gasteiger partial charge in [-0.15, -0.1) is 0 Å². The average molecular weight is 336 g/mol. The highest BCUT2D eigenvalue weighted by atomic mass is 32.1. The van der Waals surface area contributed by atoms with Crippen LogP contribution in [-0.2, 0) is 9.53 Å². The van der Waals surface area contributed by atoms with Gasteiger partial charge in [-0.25, -0.2) is 4.79 Å². The molecule has 0 fully saturated rings. The fourth-order valence-corrected chi connectivity index (χ4v) is 2.75. The van der Waals surface area contributed by atoms with Gasteiger partial charge in [-0.05, 0) is 31.3 Å². The van der Waals surface area contributed by atoms with Gasteiger partial charge in [0.2, 0.25) is 0 Å². The number of nitrogens with zero attached hydrogens (tertiary/aromatic N) is 1. The van der Waals surface area contributed by atoms with E-state index in [0.29, 0.717) is 22.2 Å². The summed E-state index contributed by atoms with van der Waals surface area (Å²) < 4.78 is 15.6. The third-order valence-corrected chi connectivity index (χ3v) is 4.30. The second kappa shape index (κ2) is 6.87. The first kappa shape index (κ1) is 17.1. The van der Waals surface area contributed by atoms with E-state index in [1.807, 2.05) is 19.1 Å². The lowest BCUT2D eigenvalue weighted by Crippen LogP contribution is -2.46. The van der Waals surface area contributed by atoms with Crippen LogP contribution in [0.5, 0.6) is 11.5 Å². The van der Waals surface area contributed by atoms with E-state index in [1.165, 1.54) is 7.11 Å². The summed E-state index contributed by atoms with van der Waals surface area (Å²) in [6, 6.07) is 4.97. The maximum Gasteiger partial charge on any atom is 0.337 e. The first-order chi connectivity index (χ1) is 10.9. The van der Waals surface area contributed by atoms with Gasteiger partial charge >= 0.3 is 5.97 Å². The molecule has 0 spiro atoms. The van der Waals surface area contributed by atoms with E-state index in [2.05, 4.69) is 5.32 Å². The van der Waals surface area contributed by atoms with Crippen molar-refractivity contribution in [3.63, 3.8) is 0 Å². The fraction of sp³-hybridized carbons (Fsp3) is 0.375. The van der Waals surface area contributed by atoms with Crippen LogP contribution in [0.1, 0.15) is 18.5 Å². The molecule has 0 radical (unpaired) electrons. The van der Waals surface area contributed by atoms with Gasteiger partial charge < -0.3 is 24.4 Å². The molecule has 1 atom stereocenters. The van der Waals surface area contributed by atoms with Crippen molar-refractivity contribution in [2.45, 2.75) is 13.0 Å². The summed E-state index contributed by atoms with van der Waals surface area (Å²) in [5.74, 6) is 0.858. The second-order valence-electron chi connectivity index (χ2n) is 5.04. The van der Waals surface area contributed by atoms with Gasteiger partial charge in [0.1, 0.15) is 11.5 Å². The first-order valence-electron chi connectivity index (χ1n) is 6.99. The second-order valence-corrected chi connectivity index (χ2v) is 5.43. The van der Waals surface area contributed by atoms with Crippen LogP contribution in [0.25, 0.3) is 0 Å². The summed E-state index contributed by atoms with van der Waals surface area (Å²) in [6.07, 6.45) is 0. The summed E-state index contributed by atoms with van der Waals surface area (Å²) >= 11 is 5.35. The molecular weight excluding hydrogens is 316 g/mol. The zero-order chi connectivity index (χ0) is 17.1. The molecule has 2 rings (SSSR count). The van der Waals surface area contributed by atoms with Crippen molar-refractivity contribution in [3.8, 4) is 11.5 Å². The molecular formula is C16H20N2O4S. The average Bonchev–Trinajstić information content (AvgIpc) is 2.58. The highest BCUT2D eigenvalue weighted by Gasteiger charge is 2.34. The Hall–Kier alpha value is -2.28. The highest BCUT2D eigenvalue weighted by Crippen LogP contribution is 2.37. The molecule has 0 aliphatic carbocycles. The van der Waals surface area contributed by atoms with Crippen molar-refractivity contribution < 1.29 is 19.0 Å². The summed E-state index contributed by atoms with van der Waals surface area (Å²) in [5.41, 5.74) is 2.01. The molecule has 0 amide bonds. The molecule has 1 heterocycles. The van der Waals surface area contributed by atoms with Crippen LogP contribution in [0.4, 0.5) is 0 Å². The van der Waals surface area contributed by atoms with Crippen LogP contribution in [0, 0.1) is 0 Å². The summed E-state index contributed by atoms with van der Waals surface area (Å²) in [6.45, 7) is 1.84. The summed E-state index contributed by atoms with van der Waals surface area (Å²) in [4.78, 5) is 14.0. The van der Waals surface area contributed by atoms with E-state index in [9.17, 15) is 4.79 Å². The standard InChI is InChI=1S/C16H20N2O4S/c1-9-13(15(19)22-5)14(17-16(23)18(9)2)11-7-6-10(20-3)8-12(11)21-4/h6-8,14H,1-5H3,(H,17,23)/t14-/m1/s1. The Kier molecular flexibility index (Phi) is 5.10. The normalized spacial score (nSPS) is 17.7. The number of thiocarbonyl (C=S) groups is 1. The smallest absolute Gasteiger partial charge is 0.337 e. The summed E-state index contributed by atoms with van der Waals surface area (Å²) in [5, 5.41) is 3.69. The molecule has 7 heteroatoms. The molecule has 0 saturated carbocycles. The topological polar surface area (TPSA) is 60.0 Å². The first-order valence-corrected chi connectivity index (χ1v) is 7.40. The van der Waals surface area contributed by atoms with E-state index in [-0.39, 0.29) is 0 Å². The van der Waals surface area contributed by atoms with Crippen molar-refractivity contribution in [3.05, 3.63) is 35.0 Å². The number of carbonyl (C=O) groups is 1. The molecule has 1 aliphatic rings. The van der Waals surface area contributed by atoms with Crippen LogP contribution in [0.2, 0.25) is 0 Å². The Bertz CT molecular complexity index is 672. The number of hydrogen-bond donors (Lipinski definition) is 1. The molecule has 124 valence electrons. The molecule has 1 aromatic rings. The van der Waals surface area contributed by atoms with Crippen LogP contribution in [0.3, 0.4) is 0 Å². The predicted octanol–water partition coefficient (Wildman–Crippen LogP) is 2.01. The number of methoxy groups -OCH3 is 3. The predicted molar refractivity (Wildman–Crippen MR) is 90.5 cm³/mol. The Morgan fingerprint density at radius 2 is 1.96 bits per heavy atom. The number of benzene rings is 1. The number of hydrogen-bond acceptors (Lipinski definition) is 5. The van der Waals surface area contributed by atoms with Crippen molar-refractivity contribution >= 4 is 23.3 Å². The highest BCUT2D eigenvalue weighted by molar-refractivity contribution is 7.80. The maximum absolute atomic E-state index is 12.3. The molecule has 0 saturated heterocycles. The van der Waals surface area contributed by atoms with Crippen LogP contribution >= 0.6 is 12.2 Å². The molecule has 1 N–H and O–H groups in total. The molecule has 0 unspecified atom stereocenters. The van der Waals surface area contributed by atoms with Gasteiger partial charge in [0.15, 0.2) is 5.11 Å². The Balaban J connectivity index is 2.60. The number of nitrogens with one attached hydrogen (secondary N) is 1. The zero-order valence-electron chi connectivity index (χ0n) is 13.8. The molecule has 1 aromatic carbocycles. The monoisotopic (exact) mass is 336 g/mol. The minimum atomic E-state index is -0.452. The molecule has 0 aromatic heterocycles. The Labute approximate surface area is 141 Å². The van der Waals surface area contributed by atoms with Gasteiger partial charge in [-0.2, -0.15) is 0 Å². The zero-order valence-corrected chi connectivity index (χ0v) is 14.6. The van der Waals surface area contributed by atoms with Crippen molar-refractivity contribution in [2.75, 3.05) is 28.4 Å². The SMILES string of the molecule is COC(=O)C1=C(C)N(C)C(=S)N[C@@H]1c1ccc(OC)cc1OC. The minimum Gasteiger partial charge on any atom is -0.497 e. The van der Waals surface area contributed by atoms with E-state index >= 15 is 0 Å². The Morgan fingerprint density at radius 3 is 2.52 bits per heavy atom. The van der Waals surface area contributed by atoms with Crippen LogP contribution in [-0.4, -0.2) is 44.4 Å². The number of ether oxygens (including phenoxy) is 3. The molecule has 1 aliphatic heterocycles. The van der Waals surface area contributed by atoms with Gasteiger partial charge in [0, 0.05) is 24.4 Å². The van der Waals surface area contributed by atoms with Gasteiger partial charge in [-0.3, -0.25) is 0 Å². The van der Waals surface area contributed by atoms with E-state index in [1.54, 1.807) is 32.2 Å².